The minimum atomic E-state index is -0.263. The first-order chi connectivity index (χ1) is 12.2. The molecule has 5 heteroatoms. The van der Waals surface area contributed by atoms with Crippen LogP contribution < -0.4 is 5.32 Å². The van der Waals surface area contributed by atoms with Gasteiger partial charge in [-0.1, -0.05) is 24.3 Å². The minimum absolute atomic E-state index is 0.263. The van der Waals surface area contributed by atoms with E-state index in [2.05, 4.69) is 16.4 Å². The number of carbonyl (C=O) groups is 1. The molecule has 124 valence electrons. The molecule has 1 N–H and O–H groups in total. The molecule has 2 heterocycles. The van der Waals surface area contributed by atoms with Gasteiger partial charge in [-0.2, -0.15) is 5.26 Å². The van der Waals surface area contributed by atoms with E-state index < -0.39 is 0 Å². The molecule has 25 heavy (non-hydrogen) atoms. The summed E-state index contributed by atoms with van der Waals surface area (Å²) in [5, 5.41) is 12.2. The van der Waals surface area contributed by atoms with Crippen molar-refractivity contribution in [3.8, 4) is 11.8 Å². The van der Waals surface area contributed by atoms with Gasteiger partial charge in [0, 0.05) is 36.7 Å². The molecule has 0 saturated carbocycles. The molecule has 2 aromatic heterocycles. The van der Waals surface area contributed by atoms with E-state index in [1.165, 1.54) is 0 Å². The Morgan fingerprint density at radius 3 is 2.72 bits per heavy atom. The van der Waals surface area contributed by atoms with E-state index in [0.717, 1.165) is 16.9 Å². The molecule has 3 aromatic rings. The smallest absolute Gasteiger partial charge is 0.269 e. The Hall–Kier alpha value is -3.39. The highest BCUT2D eigenvalue weighted by Gasteiger charge is 2.18. The Labute approximate surface area is 146 Å². The van der Waals surface area contributed by atoms with Crippen molar-refractivity contribution in [2.75, 3.05) is 6.54 Å². The molecule has 0 unspecified atom stereocenters. The van der Waals surface area contributed by atoms with Gasteiger partial charge in [-0.15, -0.1) is 0 Å². The van der Waals surface area contributed by atoms with E-state index >= 15 is 0 Å². The summed E-state index contributed by atoms with van der Waals surface area (Å²) in [6.07, 6.45) is 4.13. The average Bonchev–Trinajstić information content (AvgIpc) is 3.07. The van der Waals surface area contributed by atoms with Crippen molar-refractivity contribution in [2.45, 2.75) is 13.3 Å². The normalized spacial score (nSPS) is 10.2. The summed E-state index contributed by atoms with van der Waals surface area (Å²) in [7, 11) is 0. The van der Waals surface area contributed by atoms with Gasteiger partial charge >= 0.3 is 0 Å². The molecule has 0 atom stereocenters. The van der Waals surface area contributed by atoms with Crippen LogP contribution in [0, 0.1) is 18.3 Å². The third kappa shape index (κ3) is 3.59. The lowest BCUT2D eigenvalue weighted by Crippen LogP contribution is -2.28. The highest BCUT2D eigenvalue weighted by atomic mass is 16.1. The number of amides is 1. The van der Waals surface area contributed by atoms with Crippen molar-refractivity contribution in [1.82, 2.24) is 14.9 Å². The molecular formula is C20H18N4O. The monoisotopic (exact) mass is 330 g/mol. The van der Waals surface area contributed by atoms with E-state index in [0.29, 0.717) is 24.2 Å². The Morgan fingerprint density at radius 2 is 2.00 bits per heavy atom. The van der Waals surface area contributed by atoms with Gasteiger partial charge in [-0.05, 0) is 36.8 Å². The maximum atomic E-state index is 12.7. The van der Waals surface area contributed by atoms with Crippen LogP contribution in [0.1, 0.15) is 27.3 Å². The summed E-state index contributed by atoms with van der Waals surface area (Å²) in [6.45, 7) is 2.43. The fourth-order valence-corrected chi connectivity index (χ4v) is 2.72. The standard InChI is InChI=1S/C20H18N4O/c1-15-6-2-3-8-18(15)24-13-10-16(14-21)19(24)20(25)23-12-9-17-7-4-5-11-22-17/h2-8,10-11,13H,9,12H2,1H3,(H,23,25). The van der Waals surface area contributed by atoms with Crippen LogP contribution in [0.5, 0.6) is 0 Å². The zero-order valence-corrected chi connectivity index (χ0v) is 13.9. The Morgan fingerprint density at radius 1 is 1.20 bits per heavy atom. The largest absolute Gasteiger partial charge is 0.350 e. The van der Waals surface area contributed by atoms with Crippen molar-refractivity contribution in [1.29, 1.82) is 5.26 Å². The summed E-state index contributed by atoms with van der Waals surface area (Å²) in [6, 6.07) is 17.2. The molecule has 0 aliphatic heterocycles. The van der Waals surface area contributed by atoms with Gasteiger partial charge < -0.3 is 9.88 Å². The molecule has 0 spiro atoms. The molecule has 5 nitrogen and oxygen atoms in total. The number of nitrogens with zero attached hydrogens (tertiary/aromatic N) is 3. The van der Waals surface area contributed by atoms with E-state index in [1.807, 2.05) is 49.4 Å². The van der Waals surface area contributed by atoms with E-state index in [4.69, 9.17) is 0 Å². The maximum Gasteiger partial charge on any atom is 0.269 e. The van der Waals surface area contributed by atoms with Crippen LogP contribution in [0.15, 0.2) is 60.9 Å². The second-order valence-electron chi connectivity index (χ2n) is 5.67. The molecule has 1 amide bonds. The highest BCUT2D eigenvalue weighted by molar-refractivity contribution is 5.96. The Bertz CT molecular complexity index is 922. The number of rotatable bonds is 5. The van der Waals surface area contributed by atoms with E-state index in [1.54, 1.807) is 23.0 Å². The van der Waals surface area contributed by atoms with E-state index in [-0.39, 0.29) is 5.91 Å². The number of aromatic nitrogens is 2. The average molecular weight is 330 g/mol. The number of hydrogen-bond acceptors (Lipinski definition) is 3. The third-order valence-corrected chi connectivity index (χ3v) is 3.99. The van der Waals surface area contributed by atoms with Gasteiger partial charge in [0.05, 0.1) is 5.56 Å². The quantitative estimate of drug-likeness (QED) is 0.781. The predicted octanol–water partition coefficient (Wildman–Crippen LogP) is 3.02. The lowest BCUT2D eigenvalue weighted by Gasteiger charge is -2.12. The molecular weight excluding hydrogens is 312 g/mol. The summed E-state index contributed by atoms with van der Waals surface area (Å²) in [4.78, 5) is 16.9. The second-order valence-corrected chi connectivity index (χ2v) is 5.67. The summed E-state index contributed by atoms with van der Waals surface area (Å²) < 4.78 is 1.77. The zero-order chi connectivity index (χ0) is 17.6. The lowest BCUT2D eigenvalue weighted by molar-refractivity contribution is 0.0947. The molecule has 0 bridgehead atoms. The predicted molar refractivity (Wildman–Crippen MR) is 95.5 cm³/mol. The second kappa shape index (κ2) is 7.45. The summed E-state index contributed by atoms with van der Waals surface area (Å²) >= 11 is 0. The van der Waals surface area contributed by atoms with Crippen LogP contribution in [0.3, 0.4) is 0 Å². The first kappa shape index (κ1) is 16.5. The number of hydrogen-bond donors (Lipinski definition) is 1. The van der Waals surface area contributed by atoms with Gasteiger partial charge in [0.1, 0.15) is 11.8 Å². The van der Waals surface area contributed by atoms with Crippen molar-refractivity contribution in [2.24, 2.45) is 0 Å². The molecule has 0 aliphatic rings. The first-order valence-electron chi connectivity index (χ1n) is 8.06. The number of para-hydroxylation sites is 1. The van der Waals surface area contributed by atoms with Crippen molar-refractivity contribution >= 4 is 5.91 Å². The minimum Gasteiger partial charge on any atom is -0.350 e. The lowest BCUT2D eigenvalue weighted by atomic mass is 10.2. The van der Waals surface area contributed by atoms with Crippen LogP contribution in [0.4, 0.5) is 0 Å². The number of nitrogens with one attached hydrogen (secondary N) is 1. The van der Waals surface area contributed by atoms with Crippen LogP contribution in [-0.4, -0.2) is 22.0 Å². The van der Waals surface area contributed by atoms with Gasteiger partial charge in [-0.3, -0.25) is 9.78 Å². The molecule has 3 rings (SSSR count). The van der Waals surface area contributed by atoms with Crippen molar-refractivity contribution < 1.29 is 4.79 Å². The van der Waals surface area contributed by atoms with Crippen LogP contribution in [0.2, 0.25) is 0 Å². The zero-order valence-electron chi connectivity index (χ0n) is 13.9. The van der Waals surface area contributed by atoms with Crippen LogP contribution >= 0.6 is 0 Å². The van der Waals surface area contributed by atoms with Crippen LogP contribution in [-0.2, 0) is 6.42 Å². The molecule has 1 aromatic carbocycles. The molecule has 0 saturated heterocycles. The molecule has 0 aliphatic carbocycles. The number of benzene rings is 1. The van der Waals surface area contributed by atoms with Gasteiger partial charge in [0.2, 0.25) is 0 Å². The number of nitriles is 1. The van der Waals surface area contributed by atoms with E-state index in [9.17, 15) is 10.1 Å². The Balaban J connectivity index is 1.81. The third-order valence-electron chi connectivity index (χ3n) is 3.99. The van der Waals surface area contributed by atoms with Crippen molar-refractivity contribution in [3.63, 3.8) is 0 Å². The molecule has 0 fully saturated rings. The number of aryl methyl sites for hydroxylation is 1. The topological polar surface area (TPSA) is 70.7 Å². The van der Waals surface area contributed by atoms with Gasteiger partial charge in [0.15, 0.2) is 0 Å². The number of pyridine rings is 1. The Kier molecular flexibility index (Phi) is 4.91. The fraction of sp³-hybridized carbons (Fsp3) is 0.150. The molecule has 0 radical (unpaired) electrons. The summed E-state index contributed by atoms with van der Waals surface area (Å²) in [5.74, 6) is -0.263. The van der Waals surface area contributed by atoms with Crippen LogP contribution in [0.25, 0.3) is 5.69 Å². The summed E-state index contributed by atoms with van der Waals surface area (Å²) in [5.41, 5.74) is 3.55. The van der Waals surface area contributed by atoms with Gasteiger partial charge in [0.25, 0.3) is 5.91 Å². The fourth-order valence-electron chi connectivity index (χ4n) is 2.72. The number of carbonyl (C=O) groups excluding carboxylic acids is 1. The van der Waals surface area contributed by atoms with Crippen molar-refractivity contribution in [3.05, 3.63) is 83.4 Å². The van der Waals surface area contributed by atoms with Gasteiger partial charge in [-0.25, -0.2) is 0 Å². The highest BCUT2D eigenvalue weighted by Crippen LogP contribution is 2.20. The SMILES string of the molecule is Cc1ccccc1-n1ccc(C#N)c1C(=O)NCCc1ccccn1. The maximum absolute atomic E-state index is 12.7. The first-order valence-corrected chi connectivity index (χ1v) is 8.06.